The molecule has 0 aromatic carbocycles. The second kappa shape index (κ2) is 5.42. The van der Waals surface area contributed by atoms with Crippen molar-refractivity contribution in [3.05, 3.63) is 0 Å². The molecule has 0 amide bonds. The first-order valence-electron chi connectivity index (χ1n) is 5.15. The largest absolute Gasteiger partial charge is 0.456 e. The Kier molecular flexibility index (Phi) is 4.41. The number of carbonyl (C=O) groups excluding carboxylic acids is 2. The number of aliphatic hydroxyl groups excluding tert-OH is 1. The Morgan fingerprint density at radius 1 is 1.18 bits per heavy atom. The number of hydrogen-bond acceptors (Lipinski definition) is 6. The molecule has 1 N–H and O–H groups in total. The predicted molar refractivity (Wildman–Crippen MR) is 52.6 cm³/mol. The fourth-order valence-electron chi connectivity index (χ4n) is 1.66. The molecule has 1 aliphatic rings. The molecule has 0 spiro atoms. The summed E-state index contributed by atoms with van der Waals surface area (Å²) in [5, 5.41) is 9.25. The van der Waals surface area contributed by atoms with Crippen LogP contribution >= 0.6 is 0 Å². The topological polar surface area (TPSA) is 82.1 Å². The van der Waals surface area contributed by atoms with Gasteiger partial charge in [-0.15, -0.1) is 0 Å². The van der Waals surface area contributed by atoms with Crippen molar-refractivity contribution in [2.45, 2.75) is 51.5 Å². The van der Waals surface area contributed by atoms with E-state index in [0.717, 1.165) is 13.8 Å². The van der Waals surface area contributed by atoms with Crippen LogP contribution in [0.2, 0.25) is 0 Å². The summed E-state index contributed by atoms with van der Waals surface area (Å²) < 4.78 is 28.0. The van der Waals surface area contributed by atoms with Crippen LogP contribution in [0.25, 0.3) is 0 Å². The lowest BCUT2D eigenvalue weighted by molar-refractivity contribution is -0.269. The van der Waals surface area contributed by atoms with E-state index < -0.39 is 42.7 Å². The zero-order valence-electron chi connectivity index (χ0n) is 9.75. The molecule has 1 aliphatic heterocycles. The predicted octanol–water partition coefficient (Wildman–Crippen LogP) is -0.0750. The van der Waals surface area contributed by atoms with E-state index in [0.29, 0.717) is 0 Å². The number of esters is 2. The first-order chi connectivity index (χ1) is 7.82. The number of alkyl halides is 1. The third-order valence-electron chi connectivity index (χ3n) is 2.33. The lowest BCUT2D eigenvalue weighted by atomic mass is 10.0. The van der Waals surface area contributed by atoms with Crippen LogP contribution in [0.15, 0.2) is 0 Å². The van der Waals surface area contributed by atoms with Crippen molar-refractivity contribution in [1.29, 1.82) is 0 Å². The van der Waals surface area contributed by atoms with E-state index in [-0.39, 0.29) is 0 Å². The third-order valence-corrected chi connectivity index (χ3v) is 2.33. The monoisotopic (exact) mass is 250 g/mol. The molecule has 1 rings (SSSR count). The van der Waals surface area contributed by atoms with Gasteiger partial charge in [-0.3, -0.25) is 9.59 Å². The third kappa shape index (κ3) is 3.37. The molecule has 7 heteroatoms. The Bertz CT molecular complexity index is 307. The molecule has 1 heterocycles. The number of ether oxygens (including phenoxy) is 3. The van der Waals surface area contributed by atoms with Crippen LogP contribution in [0.1, 0.15) is 20.8 Å². The summed E-state index contributed by atoms with van der Waals surface area (Å²) in [5.74, 6) is -1.37. The molecular formula is C10H15FO6. The van der Waals surface area contributed by atoms with Crippen molar-refractivity contribution in [1.82, 2.24) is 0 Å². The minimum absolute atomic E-state index is 0.647. The molecule has 0 aromatic rings. The van der Waals surface area contributed by atoms with Gasteiger partial charge >= 0.3 is 11.9 Å². The molecule has 0 radical (unpaired) electrons. The van der Waals surface area contributed by atoms with Crippen molar-refractivity contribution in [3.8, 4) is 0 Å². The SMILES string of the molecule is CC(=O)O[C@@H]1C(C)O[C@@H](O)C(F)[C@H]1OC(C)=O. The van der Waals surface area contributed by atoms with Gasteiger partial charge in [0.05, 0.1) is 6.10 Å². The molecule has 1 saturated heterocycles. The zero-order chi connectivity index (χ0) is 13.2. The highest BCUT2D eigenvalue weighted by Gasteiger charge is 2.48. The molecule has 0 aliphatic carbocycles. The fraction of sp³-hybridized carbons (Fsp3) is 0.800. The van der Waals surface area contributed by atoms with Gasteiger partial charge in [-0.2, -0.15) is 0 Å². The average molecular weight is 250 g/mol. The second-order valence-electron chi connectivity index (χ2n) is 3.82. The maximum Gasteiger partial charge on any atom is 0.303 e. The molecule has 0 bridgehead atoms. The standard InChI is InChI=1S/C10H15FO6/c1-4-8(16-5(2)12)9(17-6(3)13)7(11)10(14)15-4/h4,7-10,14H,1-3H3/t4?,7?,8-,9-,10-/m1/s1. The zero-order valence-corrected chi connectivity index (χ0v) is 9.75. The van der Waals surface area contributed by atoms with Crippen LogP contribution < -0.4 is 0 Å². The van der Waals surface area contributed by atoms with Gasteiger partial charge in [-0.1, -0.05) is 0 Å². The number of hydrogen-bond donors (Lipinski definition) is 1. The van der Waals surface area contributed by atoms with Crippen molar-refractivity contribution < 1.29 is 33.3 Å². The van der Waals surface area contributed by atoms with Gasteiger partial charge < -0.3 is 19.3 Å². The average Bonchev–Trinajstić information content (AvgIpc) is 2.19. The molecule has 5 atom stereocenters. The van der Waals surface area contributed by atoms with E-state index in [9.17, 15) is 19.1 Å². The van der Waals surface area contributed by atoms with E-state index in [2.05, 4.69) is 0 Å². The van der Waals surface area contributed by atoms with E-state index in [1.807, 2.05) is 0 Å². The van der Waals surface area contributed by atoms with Crippen LogP contribution in [-0.4, -0.2) is 47.8 Å². The molecular weight excluding hydrogens is 235 g/mol. The van der Waals surface area contributed by atoms with Crippen molar-refractivity contribution >= 4 is 11.9 Å². The molecule has 2 unspecified atom stereocenters. The van der Waals surface area contributed by atoms with Gasteiger partial charge in [0.1, 0.15) is 0 Å². The molecule has 17 heavy (non-hydrogen) atoms. The van der Waals surface area contributed by atoms with Gasteiger partial charge in [0.2, 0.25) is 0 Å². The molecule has 1 fully saturated rings. The van der Waals surface area contributed by atoms with E-state index in [4.69, 9.17) is 14.2 Å². The van der Waals surface area contributed by atoms with Gasteiger partial charge in [0.25, 0.3) is 0 Å². The maximum absolute atomic E-state index is 13.6. The highest BCUT2D eigenvalue weighted by Crippen LogP contribution is 2.27. The van der Waals surface area contributed by atoms with E-state index in [1.54, 1.807) is 0 Å². The summed E-state index contributed by atoms with van der Waals surface area (Å²) in [4.78, 5) is 21.7. The summed E-state index contributed by atoms with van der Waals surface area (Å²) in [6.45, 7) is 3.74. The quantitative estimate of drug-likeness (QED) is 0.690. The first kappa shape index (κ1) is 13.9. The summed E-state index contributed by atoms with van der Waals surface area (Å²) in [5.41, 5.74) is 0. The number of carbonyl (C=O) groups is 2. The van der Waals surface area contributed by atoms with Gasteiger partial charge in [-0.05, 0) is 6.92 Å². The summed E-state index contributed by atoms with van der Waals surface area (Å²) >= 11 is 0. The first-order valence-corrected chi connectivity index (χ1v) is 5.15. The molecule has 0 saturated carbocycles. The number of rotatable bonds is 2. The van der Waals surface area contributed by atoms with Crippen LogP contribution in [0, 0.1) is 0 Å². The van der Waals surface area contributed by atoms with Crippen LogP contribution in [-0.2, 0) is 23.8 Å². The van der Waals surface area contributed by atoms with Crippen LogP contribution in [0.4, 0.5) is 4.39 Å². The van der Waals surface area contributed by atoms with Crippen molar-refractivity contribution in [2.75, 3.05) is 0 Å². The molecule has 6 nitrogen and oxygen atoms in total. The smallest absolute Gasteiger partial charge is 0.303 e. The normalized spacial score (nSPS) is 37.4. The Morgan fingerprint density at radius 2 is 1.65 bits per heavy atom. The van der Waals surface area contributed by atoms with Crippen LogP contribution in [0.3, 0.4) is 0 Å². The summed E-state index contributed by atoms with van der Waals surface area (Å²) in [6.07, 6.45) is -6.88. The van der Waals surface area contributed by atoms with Crippen molar-refractivity contribution in [3.63, 3.8) is 0 Å². The summed E-state index contributed by atoms with van der Waals surface area (Å²) in [7, 11) is 0. The fourth-order valence-corrected chi connectivity index (χ4v) is 1.66. The second-order valence-corrected chi connectivity index (χ2v) is 3.82. The Labute approximate surface area is 97.6 Å². The van der Waals surface area contributed by atoms with Crippen molar-refractivity contribution in [2.24, 2.45) is 0 Å². The number of halogens is 1. The maximum atomic E-state index is 13.6. The molecule has 0 aromatic heterocycles. The highest BCUT2D eigenvalue weighted by molar-refractivity contribution is 5.67. The Morgan fingerprint density at radius 3 is 2.12 bits per heavy atom. The van der Waals surface area contributed by atoms with E-state index in [1.165, 1.54) is 6.92 Å². The summed E-state index contributed by atoms with van der Waals surface area (Å²) in [6, 6.07) is 0. The van der Waals surface area contributed by atoms with Crippen LogP contribution in [0.5, 0.6) is 0 Å². The van der Waals surface area contributed by atoms with E-state index >= 15 is 0 Å². The number of aliphatic hydroxyl groups is 1. The lowest BCUT2D eigenvalue weighted by Gasteiger charge is -2.39. The highest BCUT2D eigenvalue weighted by atomic mass is 19.1. The van der Waals surface area contributed by atoms with Gasteiger partial charge in [-0.25, -0.2) is 4.39 Å². The molecule has 98 valence electrons. The Balaban J connectivity index is 2.86. The minimum Gasteiger partial charge on any atom is -0.456 e. The minimum atomic E-state index is -1.96. The Hall–Kier alpha value is -1.21. The van der Waals surface area contributed by atoms with Gasteiger partial charge in [0.15, 0.2) is 24.7 Å². The van der Waals surface area contributed by atoms with Gasteiger partial charge in [0, 0.05) is 13.8 Å². The lowest BCUT2D eigenvalue weighted by Crippen LogP contribution is -2.57.